The van der Waals surface area contributed by atoms with Gasteiger partial charge in [0.15, 0.2) is 0 Å². The predicted octanol–water partition coefficient (Wildman–Crippen LogP) is 0.0122. The zero-order chi connectivity index (χ0) is 10.8. The highest BCUT2D eigenvalue weighted by molar-refractivity contribution is 5.74. The number of nitrogens with zero attached hydrogens (tertiary/aromatic N) is 2. The predicted molar refractivity (Wildman–Crippen MR) is 51.7 cm³/mol. The Bertz CT molecular complexity index is 335. The molecule has 5 nitrogen and oxygen atoms in total. The highest BCUT2D eigenvalue weighted by atomic mass is 16.4. The Labute approximate surface area is 82.5 Å². The minimum atomic E-state index is -0.900. The molecule has 0 aliphatic rings. The van der Waals surface area contributed by atoms with Gasteiger partial charge in [0.2, 0.25) is 0 Å². The van der Waals surface area contributed by atoms with Crippen LogP contribution in [0.5, 0.6) is 0 Å². The summed E-state index contributed by atoms with van der Waals surface area (Å²) in [7, 11) is 1.80. The lowest BCUT2D eigenvalue weighted by Crippen LogP contribution is -2.37. The smallest absolute Gasteiger partial charge is 0.310 e. The van der Waals surface area contributed by atoms with Gasteiger partial charge in [0, 0.05) is 19.8 Å². The van der Waals surface area contributed by atoms with Gasteiger partial charge in [0.25, 0.3) is 0 Å². The molecule has 0 aliphatic heterocycles. The Morgan fingerprint density at radius 2 is 2.43 bits per heavy atom. The fourth-order valence-electron chi connectivity index (χ4n) is 1.25. The van der Waals surface area contributed by atoms with Crippen molar-refractivity contribution >= 4 is 5.97 Å². The number of hydrogen-bond donors (Lipinski definition) is 2. The van der Waals surface area contributed by atoms with Gasteiger partial charge in [-0.1, -0.05) is 0 Å². The van der Waals surface area contributed by atoms with Crippen LogP contribution in [-0.2, 0) is 18.3 Å². The van der Waals surface area contributed by atoms with E-state index in [1.54, 1.807) is 31.0 Å². The first kappa shape index (κ1) is 10.7. The molecule has 14 heavy (non-hydrogen) atoms. The Balaban J connectivity index is 2.80. The van der Waals surface area contributed by atoms with Gasteiger partial charge in [-0.15, -0.1) is 0 Å². The van der Waals surface area contributed by atoms with Crippen LogP contribution in [0, 0.1) is 5.41 Å². The lowest BCUT2D eigenvalue weighted by molar-refractivity contribution is -0.147. The fourth-order valence-corrected chi connectivity index (χ4v) is 1.25. The molecule has 1 aromatic rings. The van der Waals surface area contributed by atoms with Crippen LogP contribution in [0.3, 0.4) is 0 Å². The Morgan fingerprint density at radius 1 is 1.79 bits per heavy atom. The zero-order valence-corrected chi connectivity index (χ0v) is 8.40. The minimum absolute atomic E-state index is 0.122. The molecule has 0 aliphatic carbocycles. The summed E-state index contributed by atoms with van der Waals surface area (Å²) < 4.78 is 1.65. The number of aryl methyl sites for hydroxylation is 1. The number of carbonyl (C=O) groups is 1. The third kappa shape index (κ3) is 2.11. The standard InChI is InChI=1S/C9H15N3O2/c1-9(6-10,8(13)14)3-7-4-11-12(2)5-7/h4-5H,3,6,10H2,1-2H3,(H,13,14). The monoisotopic (exact) mass is 197 g/mol. The van der Waals surface area contributed by atoms with Gasteiger partial charge in [-0.25, -0.2) is 0 Å². The van der Waals surface area contributed by atoms with Crippen molar-refractivity contribution in [3.8, 4) is 0 Å². The van der Waals surface area contributed by atoms with E-state index in [9.17, 15) is 4.79 Å². The molecule has 78 valence electrons. The first-order valence-corrected chi connectivity index (χ1v) is 4.39. The lowest BCUT2D eigenvalue weighted by Gasteiger charge is -2.21. The van der Waals surface area contributed by atoms with E-state index in [1.807, 2.05) is 0 Å². The molecule has 1 rings (SSSR count). The first-order chi connectivity index (χ1) is 6.48. The second-order valence-electron chi connectivity index (χ2n) is 3.77. The van der Waals surface area contributed by atoms with Crippen LogP contribution >= 0.6 is 0 Å². The Hall–Kier alpha value is -1.36. The second kappa shape index (κ2) is 3.79. The van der Waals surface area contributed by atoms with Crippen molar-refractivity contribution < 1.29 is 9.90 Å². The van der Waals surface area contributed by atoms with E-state index in [1.165, 1.54) is 0 Å². The molecular weight excluding hydrogens is 182 g/mol. The van der Waals surface area contributed by atoms with E-state index in [0.717, 1.165) is 5.56 Å². The highest BCUT2D eigenvalue weighted by Gasteiger charge is 2.32. The maximum absolute atomic E-state index is 11.0. The number of carboxylic acid groups (broad SMARTS) is 1. The van der Waals surface area contributed by atoms with Crippen LogP contribution in [0.1, 0.15) is 12.5 Å². The largest absolute Gasteiger partial charge is 0.481 e. The van der Waals surface area contributed by atoms with E-state index in [4.69, 9.17) is 10.8 Å². The third-order valence-electron chi connectivity index (χ3n) is 2.32. The van der Waals surface area contributed by atoms with Crippen LogP contribution in [0.4, 0.5) is 0 Å². The Kier molecular flexibility index (Phi) is 2.90. The quantitative estimate of drug-likeness (QED) is 0.712. The summed E-state index contributed by atoms with van der Waals surface area (Å²) in [5.74, 6) is -0.871. The van der Waals surface area contributed by atoms with Crippen molar-refractivity contribution in [3.63, 3.8) is 0 Å². The van der Waals surface area contributed by atoms with Gasteiger partial charge in [-0.2, -0.15) is 5.10 Å². The maximum atomic E-state index is 11.0. The molecule has 0 spiro atoms. The van der Waals surface area contributed by atoms with Crippen LogP contribution in [-0.4, -0.2) is 27.4 Å². The van der Waals surface area contributed by atoms with Gasteiger partial charge in [0.1, 0.15) is 0 Å². The van der Waals surface area contributed by atoms with Crippen molar-refractivity contribution in [2.24, 2.45) is 18.2 Å². The number of hydrogen-bond acceptors (Lipinski definition) is 3. The number of aliphatic carboxylic acids is 1. The highest BCUT2D eigenvalue weighted by Crippen LogP contribution is 2.21. The number of rotatable bonds is 4. The molecule has 3 N–H and O–H groups in total. The molecule has 0 radical (unpaired) electrons. The molecule has 0 saturated heterocycles. The Morgan fingerprint density at radius 3 is 2.79 bits per heavy atom. The van der Waals surface area contributed by atoms with Crippen molar-refractivity contribution in [2.75, 3.05) is 6.54 Å². The molecule has 0 aromatic carbocycles. The molecule has 0 saturated carbocycles. The van der Waals surface area contributed by atoms with Crippen molar-refractivity contribution in [1.29, 1.82) is 0 Å². The van der Waals surface area contributed by atoms with E-state index < -0.39 is 11.4 Å². The number of nitrogens with two attached hydrogens (primary N) is 1. The number of aromatic nitrogens is 2. The second-order valence-corrected chi connectivity index (χ2v) is 3.77. The summed E-state index contributed by atoms with van der Waals surface area (Å²) in [6.07, 6.45) is 3.88. The molecule has 0 fully saturated rings. The van der Waals surface area contributed by atoms with Crippen LogP contribution in [0.15, 0.2) is 12.4 Å². The molecule has 5 heteroatoms. The topological polar surface area (TPSA) is 81.1 Å². The summed E-state index contributed by atoms with van der Waals surface area (Å²) >= 11 is 0. The van der Waals surface area contributed by atoms with Crippen molar-refractivity contribution in [2.45, 2.75) is 13.3 Å². The summed E-state index contributed by atoms with van der Waals surface area (Å²) in [5, 5.41) is 13.0. The van der Waals surface area contributed by atoms with Gasteiger partial charge >= 0.3 is 5.97 Å². The molecule has 0 amide bonds. The SMILES string of the molecule is Cn1cc(CC(C)(CN)C(=O)O)cn1. The summed E-state index contributed by atoms with van der Waals surface area (Å²) in [6.45, 7) is 1.76. The van der Waals surface area contributed by atoms with Gasteiger partial charge in [-0.05, 0) is 18.9 Å². The van der Waals surface area contributed by atoms with Crippen molar-refractivity contribution in [3.05, 3.63) is 18.0 Å². The summed E-state index contributed by atoms with van der Waals surface area (Å²) in [6, 6.07) is 0. The van der Waals surface area contributed by atoms with Crippen LogP contribution in [0.25, 0.3) is 0 Å². The van der Waals surface area contributed by atoms with E-state index >= 15 is 0 Å². The van der Waals surface area contributed by atoms with Crippen LogP contribution in [0.2, 0.25) is 0 Å². The van der Waals surface area contributed by atoms with E-state index in [2.05, 4.69) is 5.10 Å². The first-order valence-electron chi connectivity index (χ1n) is 4.39. The summed E-state index contributed by atoms with van der Waals surface area (Å²) in [5.41, 5.74) is 5.45. The molecule has 1 aromatic heterocycles. The molecule has 1 atom stereocenters. The fraction of sp³-hybridized carbons (Fsp3) is 0.556. The van der Waals surface area contributed by atoms with Crippen LogP contribution < -0.4 is 5.73 Å². The summed E-state index contributed by atoms with van der Waals surface area (Å²) in [4.78, 5) is 11.0. The molecule has 1 unspecified atom stereocenters. The lowest BCUT2D eigenvalue weighted by atomic mass is 9.85. The maximum Gasteiger partial charge on any atom is 0.310 e. The average Bonchev–Trinajstić information content (AvgIpc) is 2.50. The van der Waals surface area contributed by atoms with E-state index in [0.29, 0.717) is 6.42 Å². The van der Waals surface area contributed by atoms with Gasteiger partial charge in [0.05, 0.1) is 11.6 Å². The minimum Gasteiger partial charge on any atom is -0.481 e. The molecular formula is C9H15N3O2. The zero-order valence-electron chi connectivity index (χ0n) is 8.40. The van der Waals surface area contributed by atoms with E-state index in [-0.39, 0.29) is 6.54 Å². The number of carboxylic acids is 1. The van der Waals surface area contributed by atoms with Gasteiger partial charge < -0.3 is 10.8 Å². The molecule has 0 bridgehead atoms. The average molecular weight is 197 g/mol. The normalized spacial score (nSPS) is 15.1. The third-order valence-corrected chi connectivity index (χ3v) is 2.32. The van der Waals surface area contributed by atoms with Gasteiger partial charge in [-0.3, -0.25) is 9.48 Å². The molecule has 1 heterocycles. The van der Waals surface area contributed by atoms with Crippen molar-refractivity contribution in [1.82, 2.24) is 9.78 Å².